The number of carbonyl (C=O) groups excluding carboxylic acids is 3. The van der Waals surface area contributed by atoms with Gasteiger partial charge in [-0.25, -0.2) is 4.79 Å². The maximum absolute atomic E-state index is 13.2. The summed E-state index contributed by atoms with van der Waals surface area (Å²) in [6.45, 7) is 3.18. The third-order valence-electron chi connectivity index (χ3n) is 9.20. The number of benzene rings is 6. The van der Waals surface area contributed by atoms with Gasteiger partial charge in [0.1, 0.15) is 21.3 Å². The van der Waals surface area contributed by atoms with Crippen LogP contribution in [0.2, 0.25) is 0 Å². The molecule has 6 rings (SSSR count). The number of phenolic OH excluding ortho intramolecular Hbond substituents is 2. The van der Waals surface area contributed by atoms with Crippen molar-refractivity contribution in [3.05, 3.63) is 107 Å². The molecule has 0 aliphatic heterocycles. The van der Waals surface area contributed by atoms with Crippen molar-refractivity contribution in [1.29, 1.82) is 0 Å². The summed E-state index contributed by atoms with van der Waals surface area (Å²) in [6.07, 6.45) is 0. The van der Waals surface area contributed by atoms with Crippen LogP contribution in [0.1, 0.15) is 31.8 Å². The van der Waals surface area contributed by atoms with Gasteiger partial charge >= 0.3 is 124 Å². The topological polar surface area (TPSA) is 357 Å². The van der Waals surface area contributed by atoms with E-state index in [0.717, 1.165) is 36.4 Å². The minimum atomic E-state index is -4.99. The van der Waals surface area contributed by atoms with Crippen LogP contribution in [0.3, 0.4) is 0 Å². The summed E-state index contributed by atoms with van der Waals surface area (Å²) < 4.78 is 134. The number of phenols is 2. The quantitative estimate of drug-likeness (QED) is 0.0694. The molecular weight excluding hydrogens is 993 g/mol. The number of aryl methyl sites for hydroxylation is 2. The van der Waals surface area contributed by atoms with Crippen LogP contribution >= 0.6 is 0 Å². The van der Waals surface area contributed by atoms with Gasteiger partial charge in [0.2, 0.25) is 0 Å². The number of fused-ring (bicyclic) bond motifs is 2. The van der Waals surface area contributed by atoms with Crippen LogP contribution in [-0.4, -0.2) is 198 Å². The Kier molecular flexibility index (Phi) is 20.1. The van der Waals surface area contributed by atoms with Crippen molar-refractivity contribution >= 4 is 221 Å². The van der Waals surface area contributed by atoms with Crippen molar-refractivity contribution in [3.63, 3.8) is 0 Å². The van der Waals surface area contributed by atoms with Crippen molar-refractivity contribution in [2.24, 2.45) is 0 Å². The Bertz CT molecular complexity index is 3210. The minimum absolute atomic E-state index is 0. The first kappa shape index (κ1) is 59.4. The van der Waals surface area contributed by atoms with Crippen LogP contribution in [-0.2, 0) is 40.5 Å². The predicted octanol–water partition coefficient (Wildman–Crippen LogP) is 2.18. The van der Waals surface area contributed by atoms with E-state index in [4.69, 9.17) is 0 Å². The predicted molar refractivity (Wildman–Crippen MR) is 248 cm³/mol. The summed E-state index contributed by atoms with van der Waals surface area (Å²) in [6, 6.07) is 13.5. The van der Waals surface area contributed by atoms with Crippen molar-refractivity contribution in [3.8, 4) is 11.5 Å². The van der Waals surface area contributed by atoms with Gasteiger partial charge in [-0.3, -0.25) is 38.4 Å². The molecule has 0 bridgehead atoms. The van der Waals surface area contributed by atoms with Crippen LogP contribution in [0.25, 0.3) is 21.5 Å². The number of hydrogen-bond donors (Lipinski definition) is 10. The van der Waals surface area contributed by atoms with Crippen LogP contribution < -0.4 is 21.3 Å². The molecule has 0 heterocycles. The van der Waals surface area contributed by atoms with Gasteiger partial charge < -0.3 is 20.8 Å². The number of amides is 4. The molecule has 0 atom stereocenters. The molecular formula is C37H34N4Na4O17S4. The fraction of sp³-hybridized carbons (Fsp3) is 0.0541. The summed E-state index contributed by atoms with van der Waals surface area (Å²) in [5.74, 6) is -3.67. The summed E-state index contributed by atoms with van der Waals surface area (Å²) in [7, 11) is -19.9. The molecule has 0 aliphatic rings. The molecule has 0 aromatic heterocycles. The number of aromatic hydroxyl groups is 2. The van der Waals surface area contributed by atoms with Crippen molar-refractivity contribution in [2.75, 3.05) is 10.6 Å². The number of nitrogens with one attached hydrogen (secondary N) is 4. The van der Waals surface area contributed by atoms with Gasteiger partial charge in [-0.1, -0.05) is 12.1 Å². The Morgan fingerprint density at radius 3 is 1.08 bits per heavy atom. The second kappa shape index (κ2) is 22.4. The molecule has 0 unspecified atom stereocenters. The van der Waals surface area contributed by atoms with Gasteiger partial charge in [0, 0.05) is 56.2 Å². The van der Waals surface area contributed by atoms with Gasteiger partial charge in [0.15, 0.2) is 0 Å². The average Bonchev–Trinajstić information content (AvgIpc) is 3.14. The normalized spacial score (nSPS) is 11.5. The number of anilines is 4. The Balaban J connectivity index is 0.00000374. The van der Waals surface area contributed by atoms with E-state index in [1.807, 2.05) is 10.6 Å². The van der Waals surface area contributed by atoms with Gasteiger partial charge in [0.05, 0.1) is 21.2 Å². The van der Waals surface area contributed by atoms with Crippen LogP contribution in [0, 0.1) is 13.8 Å². The molecule has 0 fully saturated rings. The van der Waals surface area contributed by atoms with E-state index in [1.54, 1.807) is 13.8 Å². The molecule has 66 heavy (non-hydrogen) atoms. The molecule has 4 amide bonds. The SMILES string of the molecule is Cc1ccc(C(=O)NC(=O)NC(=O)c2ccc(C)c(Nc3ccc(S(=O)(=O)O)c4cc(S(=O)(=O)O)cc(O)c34)c2)cc1Nc1ccc(S(=O)(=O)O)c2cc(S(=O)(=O)O)cc(O)c12.[NaH].[NaH].[NaH].[NaH]. The zero-order chi connectivity index (χ0) is 45.9. The van der Waals surface area contributed by atoms with E-state index >= 15 is 0 Å². The summed E-state index contributed by atoms with van der Waals surface area (Å²) in [5, 5.41) is 29.6. The van der Waals surface area contributed by atoms with Crippen LogP contribution in [0.4, 0.5) is 27.5 Å². The number of imide groups is 2. The van der Waals surface area contributed by atoms with Crippen molar-refractivity contribution < 1.29 is 76.5 Å². The number of carbonyl (C=O) groups is 3. The molecule has 0 spiro atoms. The molecule has 6 aromatic rings. The number of hydrogen-bond acceptors (Lipinski definition) is 15. The zero-order valence-electron chi connectivity index (χ0n) is 31.4. The van der Waals surface area contributed by atoms with Crippen molar-refractivity contribution in [2.45, 2.75) is 33.4 Å². The van der Waals surface area contributed by atoms with E-state index in [0.29, 0.717) is 23.3 Å². The van der Waals surface area contributed by atoms with Gasteiger partial charge in [-0.05, 0) is 85.6 Å². The molecule has 21 nitrogen and oxygen atoms in total. The molecule has 0 saturated heterocycles. The molecule has 10 N–H and O–H groups in total. The summed E-state index contributed by atoms with van der Waals surface area (Å²) in [5.41, 5.74) is 0.833. The van der Waals surface area contributed by atoms with Gasteiger partial charge in [-0.2, -0.15) is 33.7 Å². The Morgan fingerprint density at radius 1 is 0.439 bits per heavy atom. The van der Waals surface area contributed by atoms with Crippen molar-refractivity contribution in [1.82, 2.24) is 10.6 Å². The molecule has 0 saturated carbocycles. The maximum atomic E-state index is 13.2. The first-order valence-electron chi connectivity index (χ1n) is 17.0. The molecule has 29 heteroatoms. The van der Waals surface area contributed by atoms with E-state index in [2.05, 4.69) is 10.6 Å². The Labute approximate surface area is 464 Å². The second-order valence-electron chi connectivity index (χ2n) is 13.4. The van der Waals surface area contributed by atoms with E-state index in [9.17, 15) is 76.5 Å². The van der Waals surface area contributed by atoms with Gasteiger partial charge in [-0.15, -0.1) is 0 Å². The molecule has 6 aromatic carbocycles. The van der Waals surface area contributed by atoms with E-state index in [1.165, 1.54) is 36.4 Å². The standard InChI is InChI=1S/C37H30N4O17S4.4Na.4H/c1-17-3-5-19(11-27(17)38-25-7-9-31(61(53,54)55)23-13-21(59(47,48)49)15-29(42)33(23)25)35(44)40-37(46)41-36(45)20-6-4-18(2)28(12-20)39-26-8-10-32(62(56,57)58)24-14-22(60(50,51)52)16-30(43)34(24)26;;;;;;;;/h3-16,38-39,42-43H,1-2H3,(H,47,48,49)(H,50,51,52)(H,53,54,55)(H,56,57,58)(H2,40,41,44,45,46);;;;;;;;. The summed E-state index contributed by atoms with van der Waals surface area (Å²) in [4.78, 5) is 35.9. The average molecular weight is 1030 g/mol. The van der Waals surface area contributed by atoms with E-state index < -0.39 is 100 Å². The third-order valence-corrected chi connectivity index (χ3v) is 12.7. The number of rotatable bonds is 10. The van der Waals surface area contributed by atoms with E-state index in [-0.39, 0.29) is 163 Å². The fourth-order valence-electron chi connectivity index (χ4n) is 6.24. The molecule has 0 aliphatic carbocycles. The third kappa shape index (κ3) is 13.3. The summed E-state index contributed by atoms with van der Waals surface area (Å²) >= 11 is 0. The zero-order valence-corrected chi connectivity index (χ0v) is 34.7. The van der Waals surface area contributed by atoms with Crippen LogP contribution in [0.15, 0.2) is 105 Å². The van der Waals surface area contributed by atoms with Gasteiger partial charge in [0.25, 0.3) is 52.3 Å². The second-order valence-corrected chi connectivity index (χ2v) is 19.0. The molecule has 332 valence electrons. The number of urea groups is 1. The van der Waals surface area contributed by atoms with Crippen LogP contribution in [0.5, 0.6) is 11.5 Å². The first-order chi connectivity index (χ1) is 28.6. The molecule has 0 radical (unpaired) electrons. The fourth-order valence-corrected chi connectivity index (χ4v) is 8.66. The Hall–Kier alpha value is -2.71. The monoisotopic (exact) mass is 1030 g/mol. The Morgan fingerprint density at radius 2 is 0.773 bits per heavy atom. The first-order valence-corrected chi connectivity index (χ1v) is 22.8.